The van der Waals surface area contributed by atoms with Gasteiger partial charge in [-0.2, -0.15) is 0 Å². The van der Waals surface area contributed by atoms with Gasteiger partial charge in [-0.1, -0.05) is 0 Å². The normalized spacial score (nSPS) is 12.7. The van der Waals surface area contributed by atoms with Gasteiger partial charge in [0.25, 0.3) is 0 Å². The second kappa shape index (κ2) is 5.90. The van der Waals surface area contributed by atoms with Crippen molar-refractivity contribution >= 4 is 5.91 Å². The number of aromatic nitrogens is 4. The molecule has 6 nitrogen and oxygen atoms in total. The number of imidazole rings is 2. The monoisotopic (exact) mass is 275 g/mol. The van der Waals surface area contributed by atoms with Crippen molar-refractivity contribution in [2.45, 2.75) is 46.3 Å². The highest BCUT2D eigenvalue weighted by Crippen LogP contribution is 2.10. The summed E-state index contributed by atoms with van der Waals surface area (Å²) in [4.78, 5) is 20.6. The van der Waals surface area contributed by atoms with E-state index in [9.17, 15) is 4.79 Å². The zero-order valence-electron chi connectivity index (χ0n) is 12.4. The van der Waals surface area contributed by atoms with Gasteiger partial charge in [-0.25, -0.2) is 9.97 Å². The third-order valence-corrected chi connectivity index (χ3v) is 3.38. The fourth-order valence-electron chi connectivity index (χ4n) is 2.19. The van der Waals surface area contributed by atoms with E-state index < -0.39 is 0 Å². The van der Waals surface area contributed by atoms with E-state index in [2.05, 4.69) is 29.1 Å². The highest BCUT2D eigenvalue weighted by atomic mass is 16.2. The number of nitrogens with one attached hydrogen (secondary N) is 1. The first-order valence-corrected chi connectivity index (χ1v) is 6.79. The van der Waals surface area contributed by atoms with Crippen LogP contribution in [0.15, 0.2) is 24.8 Å². The van der Waals surface area contributed by atoms with Gasteiger partial charge in [0, 0.05) is 30.8 Å². The molecule has 2 aromatic rings. The van der Waals surface area contributed by atoms with Crippen LogP contribution in [0.25, 0.3) is 0 Å². The summed E-state index contributed by atoms with van der Waals surface area (Å²) in [6.45, 7) is 8.35. The van der Waals surface area contributed by atoms with Gasteiger partial charge in [0.15, 0.2) is 0 Å². The number of carbonyl (C=O) groups excluding carboxylic acids is 1. The molecule has 0 bridgehead atoms. The molecule has 0 spiro atoms. The van der Waals surface area contributed by atoms with Crippen molar-refractivity contribution in [1.82, 2.24) is 24.4 Å². The van der Waals surface area contributed by atoms with Crippen molar-refractivity contribution in [2.75, 3.05) is 0 Å². The zero-order chi connectivity index (χ0) is 14.7. The molecule has 0 radical (unpaired) electrons. The molecule has 2 rings (SSSR count). The predicted molar refractivity (Wildman–Crippen MR) is 76.1 cm³/mol. The Morgan fingerprint density at radius 3 is 2.45 bits per heavy atom. The molecule has 1 amide bonds. The van der Waals surface area contributed by atoms with Gasteiger partial charge in [-0.3, -0.25) is 4.79 Å². The minimum absolute atomic E-state index is 0.0376. The van der Waals surface area contributed by atoms with Crippen LogP contribution in [0.3, 0.4) is 0 Å². The lowest BCUT2D eigenvalue weighted by molar-refractivity contribution is -0.124. The van der Waals surface area contributed by atoms with E-state index >= 15 is 0 Å². The van der Waals surface area contributed by atoms with E-state index in [4.69, 9.17) is 0 Å². The van der Waals surface area contributed by atoms with Crippen LogP contribution < -0.4 is 5.32 Å². The SMILES string of the molecule is Cc1nccn1[C@H](C)C(=O)NCc1nccn1C(C)C. The maximum Gasteiger partial charge on any atom is 0.243 e. The summed E-state index contributed by atoms with van der Waals surface area (Å²) in [5, 5.41) is 2.92. The summed E-state index contributed by atoms with van der Waals surface area (Å²) < 4.78 is 3.90. The molecule has 1 N–H and O–H groups in total. The van der Waals surface area contributed by atoms with Crippen LogP contribution in [-0.2, 0) is 11.3 Å². The number of aryl methyl sites for hydroxylation is 1. The third-order valence-electron chi connectivity index (χ3n) is 3.38. The van der Waals surface area contributed by atoms with E-state index in [1.165, 1.54) is 0 Å². The Hall–Kier alpha value is -2.11. The summed E-state index contributed by atoms with van der Waals surface area (Å²) in [5.41, 5.74) is 0. The van der Waals surface area contributed by atoms with Gasteiger partial charge in [0.05, 0.1) is 6.54 Å². The Morgan fingerprint density at radius 1 is 1.20 bits per heavy atom. The second-order valence-corrected chi connectivity index (χ2v) is 5.12. The number of rotatable bonds is 5. The molecule has 0 fully saturated rings. The minimum Gasteiger partial charge on any atom is -0.347 e. The third kappa shape index (κ3) is 2.89. The molecule has 20 heavy (non-hydrogen) atoms. The number of hydrogen-bond donors (Lipinski definition) is 1. The number of amides is 1. The molecule has 2 heterocycles. The number of hydrogen-bond acceptors (Lipinski definition) is 3. The Kier molecular flexibility index (Phi) is 4.22. The van der Waals surface area contributed by atoms with Crippen LogP contribution in [-0.4, -0.2) is 25.0 Å². The molecule has 0 aliphatic rings. The van der Waals surface area contributed by atoms with E-state index in [1.807, 2.05) is 35.4 Å². The first-order chi connectivity index (χ1) is 9.50. The number of carbonyl (C=O) groups is 1. The van der Waals surface area contributed by atoms with Crippen molar-refractivity contribution in [2.24, 2.45) is 0 Å². The molecule has 2 aromatic heterocycles. The second-order valence-electron chi connectivity index (χ2n) is 5.12. The van der Waals surface area contributed by atoms with E-state index in [0.717, 1.165) is 11.6 Å². The molecule has 1 atom stereocenters. The fourth-order valence-corrected chi connectivity index (χ4v) is 2.19. The molecule has 0 aliphatic carbocycles. The molecule has 0 aromatic carbocycles. The van der Waals surface area contributed by atoms with E-state index in [-0.39, 0.29) is 11.9 Å². The van der Waals surface area contributed by atoms with Gasteiger partial charge in [0.1, 0.15) is 17.7 Å². The number of nitrogens with zero attached hydrogens (tertiary/aromatic N) is 4. The van der Waals surface area contributed by atoms with Gasteiger partial charge in [-0.15, -0.1) is 0 Å². The zero-order valence-corrected chi connectivity index (χ0v) is 12.4. The largest absolute Gasteiger partial charge is 0.347 e. The van der Waals surface area contributed by atoms with Crippen LogP contribution in [0.1, 0.15) is 44.5 Å². The van der Waals surface area contributed by atoms with Crippen molar-refractivity contribution in [3.8, 4) is 0 Å². The first-order valence-electron chi connectivity index (χ1n) is 6.79. The standard InChI is InChI=1S/C14H21N5O/c1-10(2)18-7-6-16-13(18)9-17-14(20)11(3)19-8-5-15-12(19)4/h5-8,10-11H,9H2,1-4H3,(H,17,20)/t11-/m1/s1. The lowest BCUT2D eigenvalue weighted by Crippen LogP contribution is -2.31. The van der Waals surface area contributed by atoms with Crippen LogP contribution >= 0.6 is 0 Å². The van der Waals surface area contributed by atoms with Crippen molar-refractivity contribution in [1.29, 1.82) is 0 Å². The maximum absolute atomic E-state index is 12.2. The van der Waals surface area contributed by atoms with E-state index in [0.29, 0.717) is 12.6 Å². The smallest absolute Gasteiger partial charge is 0.243 e. The van der Waals surface area contributed by atoms with Crippen molar-refractivity contribution in [3.05, 3.63) is 36.4 Å². The molecular weight excluding hydrogens is 254 g/mol. The summed E-state index contributed by atoms with van der Waals surface area (Å²) in [5.74, 6) is 1.66. The van der Waals surface area contributed by atoms with Gasteiger partial charge >= 0.3 is 0 Å². The molecule has 6 heteroatoms. The first kappa shape index (κ1) is 14.3. The van der Waals surface area contributed by atoms with Crippen molar-refractivity contribution in [3.63, 3.8) is 0 Å². The quantitative estimate of drug-likeness (QED) is 0.905. The molecule has 0 saturated carbocycles. The predicted octanol–water partition coefficient (Wildman–Crippen LogP) is 1.85. The van der Waals surface area contributed by atoms with Gasteiger partial charge < -0.3 is 14.5 Å². The van der Waals surface area contributed by atoms with E-state index in [1.54, 1.807) is 12.4 Å². The highest BCUT2D eigenvalue weighted by Gasteiger charge is 2.16. The fraction of sp³-hybridized carbons (Fsp3) is 0.500. The Morgan fingerprint density at radius 2 is 1.85 bits per heavy atom. The molecule has 0 saturated heterocycles. The lowest BCUT2D eigenvalue weighted by Gasteiger charge is -2.16. The summed E-state index contributed by atoms with van der Waals surface area (Å²) >= 11 is 0. The molecule has 0 unspecified atom stereocenters. The summed E-state index contributed by atoms with van der Waals surface area (Å²) in [6.07, 6.45) is 7.19. The topological polar surface area (TPSA) is 64.7 Å². The highest BCUT2D eigenvalue weighted by molar-refractivity contribution is 5.79. The van der Waals surface area contributed by atoms with Crippen LogP contribution in [0.2, 0.25) is 0 Å². The van der Waals surface area contributed by atoms with Crippen LogP contribution in [0.5, 0.6) is 0 Å². The Labute approximate surface area is 118 Å². The van der Waals surface area contributed by atoms with Crippen molar-refractivity contribution < 1.29 is 4.79 Å². The minimum atomic E-state index is -0.278. The van der Waals surface area contributed by atoms with Gasteiger partial charge in [-0.05, 0) is 27.7 Å². The Bertz CT molecular complexity index is 584. The molecular formula is C14H21N5O. The summed E-state index contributed by atoms with van der Waals surface area (Å²) in [6, 6.07) is 0.0534. The van der Waals surface area contributed by atoms with Crippen LogP contribution in [0, 0.1) is 6.92 Å². The maximum atomic E-state index is 12.2. The average Bonchev–Trinajstić information content (AvgIpc) is 3.03. The molecule has 0 aliphatic heterocycles. The average molecular weight is 275 g/mol. The summed E-state index contributed by atoms with van der Waals surface area (Å²) in [7, 11) is 0. The lowest BCUT2D eigenvalue weighted by atomic mass is 10.3. The van der Waals surface area contributed by atoms with Gasteiger partial charge in [0.2, 0.25) is 5.91 Å². The molecule has 108 valence electrons. The van der Waals surface area contributed by atoms with Crippen LogP contribution in [0.4, 0.5) is 0 Å². The Balaban J connectivity index is 1.99.